The summed E-state index contributed by atoms with van der Waals surface area (Å²) in [7, 11) is 0. The summed E-state index contributed by atoms with van der Waals surface area (Å²) < 4.78 is 11.7. The van der Waals surface area contributed by atoms with E-state index < -0.39 is 0 Å². The molecule has 3 rings (SSSR count). The third-order valence-electron chi connectivity index (χ3n) is 3.47. The molecule has 0 unspecified atom stereocenters. The second kappa shape index (κ2) is 10.5. The van der Waals surface area contributed by atoms with Crippen LogP contribution in [0.25, 0.3) is 0 Å². The molecule has 25 heavy (non-hydrogen) atoms. The van der Waals surface area contributed by atoms with Crippen LogP contribution in [-0.4, -0.2) is 6.61 Å². The Bertz CT molecular complexity index is 730. The number of benzene rings is 1. The second-order valence-corrected chi connectivity index (χ2v) is 7.33. The van der Waals surface area contributed by atoms with Crippen LogP contribution in [-0.2, 0) is 19.7 Å². The molecule has 0 aliphatic heterocycles. The lowest BCUT2D eigenvalue weighted by molar-refractivity contribution is 0.271. The number of hydrogen-bond acceptors (Lipinski definition) is 5. The van der Waals surface area contributed by atoms with Gasteiger partial charge in [0.15, 0.2) is 11.5 Å². The monoisotopic (exact) mass is 395 g/mol. The van der Waals surface area contributed by atoms with Crippen molar-refractivity contribution in [1.29, 1.82) is 0 Å². The number of halogens is 1. The molecular formula is C19H22ClNO2S2. The summed E-state index contributed by atoms with van der Waals surface area (Å²) in [5, 5.41) is 7.62. The lowest BCUT2D eigenvalue weighted by Gasteiger charge is -2.13. The van der Waals surface area contributed by atoms with E-state index in [4.69, 9.17) is 9.47 Å². The fourth-order valence-corrected chi connectivity index (χ4v) is 3.63. The average molecular weight is 396 g/mol. The van der Waals surface area contributed by atoms with Gasteiger partial charge in [0.2, 0.25) is 0 Å². The van der Waals surface area contributed by atoms with E-state index in [9.17, 15) is 0 Å². The number of thiophene rings is 2. The fraction of sp³-hybridized carbons (Fsp3) is 0.263. The minimum Gasteiger partial charge on any atom is -0.490 e. The molecule has 0 spiro atoms. The van der Waals surface area contributed by atoms with Gasteiger partial charge >= 0.3 is 0 Å². The van der Waals surface area contributed by atoms with Gasteiger partial charge in [0.05, 0.1) is 6.61 Å². The zero-order valence-electron chi connectivity index (χ0n) is 14.1. The van der Waals surface area contributed by atoms with Crippen LogP contribution in [0.5, 0.6) is 11.5 Å². The first-order valence-corrected chi connectivity index (χ1v) is 9.75. The van der Waals surface area contributed by atoms with Crippen LogP contribution in [0.15, 0.2) is 53.2 Å². The first kappa shape index (κ1) is 19.8. The largest absolute Gasteiger partial charge is 0.490 e. The molecule has 2 heterocycles. The molecule has 0 aliphatic carbocycles. The van der Waals surface area contributed by atoms with Crippen molar-refractivity contribution in [3.63, 3.8) is 0 Å². The molecule has 3 nitrogen and oxygen atoms in total. The van der Waals surface area contributed by atoms with Gasteiger partial charge in [-0.05, 0) is 47.5 Å². The van der Waals surface area contributed by atoms with E-state index in [1.807, 2.05) is 19.1 Å². The maximum absolute atomic E-state index is 5.92. The third kappa shape index (κ3) is 6.04. The van der Waals surface area contributed by atoms with Crippen molar-refractivity contribution in [2.75, 3.05) is 6.61 Å². The Morgan fingerprint density at radius 2 is 1.64 bits per heavy atom. The van der Waals surface area contributed by atoms with Crippen molar-refractivity contribution in [2.45, 2.75) is 26.6 Å². The van der Waals surface area contributed by atoms with E-state index in [1.54, 1.807) is 22.7 Å². The molecule has 1 aromatic carbocycles. The minimum atomic E-state index is 0. The molecular weight excluding hydrogens is 374 g/mol. The van der Waals surface area contributed by atoms with Gasteiger partial charge in [-0.2, -0.15) is 0 Å². The maximum atomic E-state index is 5.92. The predicted octanol–water partition coefficient (Wildman–Crippen LogP) is 5.50. The molecule has 0 radical (unpaired) electrons. The average Bonchev–Trinajstić information content (AvgIpc) is 3.28. The predicted molar refractivity (Wildman–Crippen MR) is 108 cm³/mol. The Labute approximate surface area is 163 Å². The minimum absolute atomic E-state index is 0. The summed E-state index contributed by atoms with van der Waals surface area (Å²) in [6.45, 7) is 4.89. The van der Waals surface area contributed by atoms with E-state index in [0.29, 0.717) is 13.2 Å². The molecule has 0 fully saturated rings. The summed E-state index contributed by atoms with van der Waals surface area (Å²) in [5.74, 6) is 1.61. The van der Waals surface area contributed by atoms with Gasteiger partial charge in [-0.15, -0.1) is 35.1 Å². The molecule has 1 N–H and O–H groups in total. The smallest absolute Gasteiger partial charge is 0.161 e. The summed E-state index contributed by atoms with van der Waals surface area (Å²) in [4.78, 5) is 2.55. The highest BCUT2D eigenvalue weighted by Crippen LogP contribution is 2.29. The van der Waals surface area contributed by atoms with Crippen molar-refractivity contribution in [1.82, 2.24) is 5.32 Å². The van der Waals surface area contributed by atoms with Crippen LogP contribution >= 0.6 is 35.1 Å². The summed E-state index contributed by atoms with van der Waals surface area (Å²) >= 11 is 3.47. The van der Waals surface area contributed by atoms with E-state index in [0.717, 1.165) is 24.6 Å². The lowest BCUT2D eigenvalue weighted by atomic mass is 10.2. The van der Waals surface area contributed by atoms with Crippen LogP contribution in [0.2, 0.25) is 0 Å². The van der Waals surface area contributed by atoms with Crippen LogP contribution in [0.1, 0.15) is 22.2 Å². The Hall–Kier alpha value is -1.53. The Balaban J connectivity index is 0.00000225. The van der Waals surface area contributed by atoms with Crippen molar-refractivity contribution < 1.29 is 9.47 Å². The molecule has 0 saturated carbocycles. The Morgan fingerprint density at radius 1 is 0.880 bits per heavy atom. The van der Waals surface area contributed by atoms with Crippen molar-refractivity contribution >= 4 is 35.1 Å². The highest BCUT2D eigenvalue weighted by atomic mass is 35.5. The number of rotatable bonds is 9. The number of ether oxygens (including phenoxy) is 2. The zero-order valence-corrected chi connectivity index (χ0v) is 16.5. The van der Waals surface area contributed by atoms with Gasteiger partial charge in [0.1, 0.15) is 6.61 Å². The Kier molecular flexibility index (Phi) is 8.28. The number of hydrogen-bond donors (Lipinski definition) is 1. The maximum Gasteiger partial charge on any atom is 0.161 e. The van der Waals surface area contributed by atoms with Crippen LogP contribution in [0.4, 0.5) is 0 Å². The quantitative estimate of drug-likeness (QED) is 0.519. The highest BCUT2D eigenvalue weighted by molar-refractivity contribution is 7.10. The van der Waals surface area contributed by atoms with Gasteiger partial charge in [-0.1, -0.05) is 18.2 Å². The van der Waals surface area contributed by atoms with E-state index in [1.165, 1.54) is 15.3 Å². The van der Waals surface area contributed by atoms with E-state index in [-0.39, 0.29) is 12.4 Å². The fourth-order valence-electron chi connectivity index (χ4n) is 2.34. The van der Waals surface area contributed by atoms with Crippen LogP contribution < -0.4 is 14.8 Å². The third-order valence-corrected chi connectivity index (χ3v) is 5.19. The summed E-state index contributed by atoms with van der Waals surface area (Å²) in [6.07, 6.45) is 0. The molecule has 0 bridgehead atoms. The second-order valence-electron chi connectivity index (χ2n) is 5.27. The molecule has 0 atom stereocenters. The number of nitrogens with one attached hydrogen (secondary N) is 1. The summed E-state index contributed by atoms with van der Waals surface area (Å²) in [6, 6.07) is 14.5. The molecule has 2 aromatic heterocycles. The Morgan fingerprint density at radius 3 is 2.32 bits per heavy atom. The van der Waals surface area contributed by atoms with Gasteiger partial charge in [-0.25, -0.2) is 0 Å². The molecule has 6 heteroatoms. The molecule has 3 aromatic rings. The molecule has 0 aliphatic rings. The normalized spacial score (nSPS) is 10.3. The van der Waals surface area contributed by atoms with Crippen LogP contribution in [0, 0.1) is 0 Å². The SMILES string of the molecule is CCOc1cc(CNCc2cccs2)ccc1OCc1cccs1.Cl. The standard InChI is InChI=1S/C19H21NO2S2.ClH/c1-2-21-19-11-15(12-20-13-16-5-3-9-23-16)7-8-18(19)22-14-17-6-4-10-24-17;/h3-11,20H,2,12-14H2,1H3;1H. The summed E-state index contributed by atoms with van der Waals surface area (Å²) in [5.41, 5.74) is 1.19. The van der Waals surface area contributed by atoms with Gasteiger partial charge in [0, 0.05) is 22.8 Å². The zero-order chi connectivity index (χ0) is 16.6. The molecule has 0 amide bonds. The molecule has 0 saturated heterocycles. The van der Waals surface area contributed by atoms with Gasteiger partial charge in [0.25, 0.3) is 0 Å². The van der Waals surface area contributed by atoms with E-state index in [2.05, 4.69) is 46.4 Å². The van der Waals surface area contributed by atoms with Gasteiger partial charge < -0.3 is 14.8 Å². The molecule has 134 valence electrons. The first-order valence-electron chi connectivity index (χ1n) is 7.99. The first-order chi connectivity index (χ1) is 11.8. The topological polar surface area (TPSA) is 30.5 Å². The lowest BCUT2D eigenvalue weighted by Crippen LogP contribution is -2.12. The highest BCUT2D eigenvalue weighted by Gasteiger charge is 2.07. The van der Waals surface area contributed by atoms with E-state index >= 15 is 0 Å². The van der Waals surface area contributed by atoms with Crippen molar-refractivity contribution in [3.8, 4) is 11.5 Å². The van der Waals surface area contributed by atoms with Crippen LogP contribution in [0.3, 0.4) is 0 Å². The van der Waals surface area contributed by atoms with Crippen molar-refractivity contribution in [3.05, 3.63) is 68.5 Å². The van der Waals surface area contributed by atoms with Crippen molar-refractivity contribution in [2.24, 2.45) is 0 Å². The van der Waals surface area contributed by atoms with Gasteiger partial charge in [-0.3, -0.25) is 0 Å².